The average molecular weight is 454 g/mol. The first-order chi connectivity index (χ1) is 13.5. The predicted octanol–water partition coefficient (Wildman–Crippen LogP) is 2.42. The van der Waals surface area contributed by atoms with Crippen LogP contribution in [0.25, 0.3) is 10.9 Å². The van der Waals surface area contributed by atoms with E-state index in [9.17, 15) is 4.79 Å². The molecule has 2 atom stereocenters. The summed E-state index contributed by atoms with van der Waals surface area (Å²) in [7, 11) is 0. The van der Waals surface area contributed by atoms with Gasteiger partial charge in [-0.15, -0.1) is 35.0 Å². The molecule has 2 heterocycles. The summed E-state index contributed by atoms with van der Waals surface area (Å²) in [5.41, 5.74) is 14.2. The molecule has 162 valence electrons. The number of hydrogen-bond donors (Lipinski definition) is 5. The maximum absolute atomic E-state index is 11.8. The van der Waals surface area contributed by atoms with Crippen LogP contribution in [0.2, 0.25) is 0 Å². The molecule has 10 nitrogen and oxygen atoms in total. The summed E-state index contributed by atoms with van der Waals surface area (Å²) < 4.78 is 0. The van der Waals surface area contributed by atoms with Gasteiger partial charge in [0.15, 0.2) is 11.5 Å². The van der Waals surface area contributed by atoms with E-state index in [-0.39, 0.29) is 48.4 Å². The van der Waals surface area contributed by atoms with Crippen molar-refractivity contribution >= 4 is 59.1 Å². The van der Waals surface area contributed by atoms with E-state index in [1.165, 1.54) is 0 Å². The monoisotopic (exact) mass is 453 g/mol. The molecule has 0 aliphatic heterocycles. The minimum absolute atomic E-state index is 0. The van der Waals surface area contributed by atoms with Crippen LogP contribution in [-0.2, 0) is 0 Å². The summed E-state index contributed by atoms with van der Waals surface area (Å²) in [5, 5.41) is 22.4. The molecule has 1 amide bonds. The molecular formula is C18H25Cl2N9O. The molecule has 1 fully saturated rings. The van der Waals surface area contributed by atoms with Crippen molar-refractivity contribution in [1.29, 1.82) is 0 Å². The van der Waals surface area contributed by atoms with Crippen molar-refractivity contribution in [3.05, 3.63) is 29.6 Å². The minimum Gasteiger partial charge on any atom is -0.364 e. The highest BCUT2D eigenvalue weighted by atomic mass is 35.5. The number of carbonyl (C=O) groups excluding carboxylic acids is 1. The number of halogens is 2. The van der Waals surface area contributed by atoms with Gasteiger partial charge in [-0.2, -0.15) is 10.1 Å². The summed E-state index contributed by atoms with van der Waals surface area (Å²) >= 11 is 0. The van der Waals surface area contributed by atoms with E-state index in [1.54, 1.807) is 6.20 Å². The molecule has 4 rings (SSSR count). The Hall–Kier alpha value is -2.69. The number of nitrogens with two attached hydrogens (primary N) is 2. The van der Waals surface area contributed by atoms with Crippen LogP contribution in [0.1, 0.15) is 41.7 Å². The fourth-order valence-electron chi connectivity index (χ4n) is 3.56. The van der Waals surface area contributed by atoms with Gasteiger partial charge in [0.2, 0.25) is 5.95 Å². The number of amides is 1. The lowest BCUT2D eigenvalue weighted by atomic mass is 9.91. The first kappa shape index (κ1) is 23.6. The van der Waals surface area contributed by atoms with Crippen LogP contribution in [-0.4, -0.2) is 43.4 Å². The van der Waals surface area contributed by atoms with Crippen molar-refractivity contribution in [2.24, 2.45) is 11.5 Å². The van der Waals surface area contributed by atoms with Gasteiger partial charge in [0.1, 0.15) is 0 Å². The van der Waals surface area contributed by atoms with Crippen LogP contribution in [0.4, 0.5) is 17.5 Å². The van der Waals surface area contributed by atoms with E-state index in [1.807, 2.05) is 19.1 Å². The lowest BCUT2D eigenvalue weighted by molar-refractivity contribution is 0.0995. The third kappa shape index (κ3) is 4.72. The highest BCUT2D eigenvalue weighted by molar-refractivity contribution is 5.97. The number of hydrogen-bond acceptors (Lipinski definition) is 8. The molecular weight excluding hydrogens is 429 g/mol. The third-order valence-electron chi connectivity index (χ3n) is 5.18. The molecule has 1 aliphatic rings. The summed E-state index contributed by atoms with van der Waals surface area (Å²) in [6.45, 7) is 1.95. The zero-order valence-corrected chi connectivity index (χ0v) is 18.0. The Morgan fingerprint density at radius 1 is 1.20 bits per heavy atom. The number of nitrogens with one attached hydrogen (secondary N) is 3. The van der Waals surface area contributed by atoms with Crippen molar-refractivity contribution < 1.29 is 4.79 Å². The van der Waals surface area contributed by atoms with Gasteiger partial charge >= 0.3 is 0 Å². The number of aromatic nitrogens is 5. The number of aromatic amines is 1. The van der Waals surface area contributed by atoms with Crippen molar-refractivity contribution in [1.82, 2.24) is 25.4 Å². The quantitative estimate of drug-likeness (QED) is 0.393. The molecule has 0 saturated heterocycles. The smallest absolute Gasteiger partial charge is 0.273 e. The fourth-order valence-corrected chi connectivity index (χ4v) is 3.56. The fraction of sp³-hybridized carbons (Fsp3) is 0.389. The van der Waals surface area contributed by atoms with Crippen LogP contribution in [0.5, 0.6) is 0 Å². The van der Waals surface area contributed by atoms with Gasteiger partial charge in [0.25, 0.3) is 5.91 Å². The maximum atomic E-state index is 11.8. The topological polar surface area (TPSA) is 161 Å². The van der Waals surface area contributed by atoms with Crippen molar-refractivity contribution in [3.63, 3.8) is 0 Å². The van der Waals surface area contributed by atoms with E-state index >= 15 is 0 Å². The maximum Gasteiger partial charge on any atom is 0.273 e. The summed E-state index contributed by atoms with van der Waals surface area (Å²) in [5.74, 6) is -0.143. The summed E-state index contributed by atoms with van der Waals surface area (Å²) in [6, 6.07) is 3.93. The SMILES string of the molecule is Cc1c(Nc2nc(N[C@@H]3CCCC[C@@H]3N)nnc2C(N)=O)ccc2cn[nH]c12.Cl.Cl. The van der Waals surface area contributed by atoms with Crippen LogP contribution >= 0.6 is 24.8 Å². The number of primary amides is 1. The van der Waals surface area contributed by atoms with E-state index in [2.05, 4.69) is 36.0 Å². The van der Waals surface area contributed by atoms with Gasteiger partial charge in [0.05, 0.1) is 11.7 Å². The molecule has 30 heavy (non-hydrogen) atoms. The number of benzene rings is 1. The number of anilines is 3. The molecule has 0 radical (unpaired) electrons. The first-order valence-electron chi connectivity index (χ1n) is 9.29. The number of H-pyrrole nitrogens is 1. The molecule has 2 aromatic heterocycles. The standard InChI is InChI=1S/C18H23N9O.2ClH/c1-9-12(7-6-10-8-21-25-14(9)10)22-17-15(16(20)28)26-27-18(24-17)23-13-5-3-2-4-11(13)19;;/h6-8,11,13H,2-5,19H2,1H3,(H2,20,28)(H,21,25)(H2,22,23,24,27);2*1H/t11-,13+;;/m0../s1. The molecule has 12 heteroatoms. The van der Waals surface area contributed by atoms with E-state index in [0.717, 1.165) is 47.8 Å². The van der Waals surface area contributed by atoms with Crippen LogP contribution < -0.4 is 22.1 Å². The number of nitrogens with zero attached hydrogens (tertiary/aromatic N) is 4. The van der Waals surface area contributed by atoms with Gasteiger partial charge in [-0.05, 0) is 37.5 Å². The molecule has 7 N–H and O–H groups in total. The summed E-state index contributed by atoms with van der Waals surface area (Å²) in [4.78, 5) is 16.3. The zero-order chi connectivity index (χ0) is 19.7. The number of aryl methyl sites for hydroxylation is 1. The second-order valence-corrected chi connectivity index (χ2v) is 7.09. The largest absolute Gasteiger partial charge is 0.364 e. The average Bonchev–Trinajstić information content (AvgIpc) is 3.15. The van der Waals surface area contributed by atoms with E-state index in [4.69, 9.17) is 11.5 Å². The Balaban J connectivity index is 0.00000160. The second kappa shape index (κ2) is 9.88. The molecule has 3 aromatic rings. The Bertz CT molecular complexity index is 1030. The normalized spacial score (nSPS) is 18.2. The molecule has 0 unspecified atom stereocenters. The Morgan fingerprint density at radius 3 is 2.70 bits per heavy atom. The Morgan fingerprint density at radius 2 is 1.97 bits per heavy atom. The van der Waals surface area contributed by atoms with Crippen molar-refractivity contribution in [3.8, 4) is 0 Å². The van der Waals surface area contributed by atoms with Gasteiger partial charge in [-0.25, -0.2) is 0 Å². The second-order valence-electron chi connectivity index (χ2n) is 7.09. The first-order valence-corrected chi connectivity index (χ1v) is 9.29. The van der Waals surface area contributed by atoms with E-state index in [0.29, 0.717) is 5.95 Å². The highest BCUT2D eigenvalue weighted by Crippen LogP contribution is 2.27. The zero-order valence-electron chi connectivity index (χ0n) is 16.4. The van der Waals surface area contributed by atoms with Crippen molar-refractivity contribution in [2.45, 2.75) is 44.7 Å². The van der Waals surface area contributed by atoms with Gasteiger partial charge < -0.3 is 22.1 Å². The highest BCUT2D eigenvalue weighted by Gasteiger charge is 2.23. The van der Waals surface area contributed by atoms with Gasteiger partial charge in [0, 0.05) is 23.2 Å². The van der Waals surface area contributed by atoms with Gasteiger partial charge in [-0.3, -0.25) is 9.89 Å². The molecule has 1 saturated carbocycles. The Kier molecular flexibility index (Phi) is 7.77. The molecule has 0 bridgehead atoms. The number of fused-ring (bicyclic) bond motifs is 1. The summed E-state index contributed by atoms with van der Waals surface area (Å²) in [6.07, 6.45) is 5.88. The number of carbonyl (C=O) groups is 1. The predicted molar refractivity (Wildman–Crippen MR) is 121 cm³/mol. The van der Waals surface area contributed by atoms with Crippen molar-refractivity contribution in [2.75, 3.05) is 10.6 Å². The van der Waals surface area contributed by atoms with E-state index < -0.39 is 5.91 Å². The van der Waals surface area contributed by atoms with Crippen LogP contribution in [0, 0.1) is 6.92 Å². The Labute approximate surface area is 185 Å². The molecule has 0 spiro atoms. The van der Waals surface area contributed by atoms with Gasteiger partial charge in [-0.1, -0.05) is 12.8 Å². The lowest BCUT2D eigenvalue weighted by Gasteiger charge is -2.29. The molecule has 1 aromatic carbocycles. The van der Waals surface area contributed by atoms with Crippen LogP contribution in [0.15, 0.2) is 18.3 Å². The van der Waals surface area contributed by atoms with Crippen LogP contribution in [0.3, 0.4) is 0 Å². The minimum atomic E-state index is -0.705. The third-order valence-corrected chi connectivity index (χ3v) is 5.18. The number of rotatable bonds is 5. The lowest BCUT2D eigenvalue weighted by Crippen LogP contribution is -2.43. The molecule has 1 aliphatic carbocycles.